The van der Waals surface area contributed by atoms with Crippen molar-refractivity contribution >= 4 is 39.1 Å². The molecule has 160 valence electrons. The minimum Gasteiger partial charge on any atom is -0.356 e. The fourth-order valence-electron chi connectivity index (χ4n) is 4.74. The molecule has 0 saturated carbocycles. The summed E-state index contributed by atoms with van der Waals surface area (Å²) in [6.45, 7) is 1.88. The number of hydrogen-bond donors (Lipinski definition) is 0. The predicted octanol–water partition coefficient (Wildman–Crippen LogP) is 7.91. The van der Waals surface area contributed by atoms with Crippen LogP contribution in [-0.2, 0) is 4.74 Å². The number of ether oxygens (including phenoxy) is 1. The Balaban J connectivity index is 1.51. The molecule has 1 fully saturated rings. The van der Waals surface area contributed by atoms with Crippen LogP contribution in [0.4, 0.5) is 0 Å². The highest BCUT2D eigenvalue weighted by atomic mass is 35.7. The average Bonchev–Trinajstić information content (AvgIpc) is 3.38. The van der Waals surface area contributed by atoms with E-state index in [1.807, 2.05) is 11.6 Å². The lowest BCUT2D eigenvalue weighted by Crippen LogP contribution is -2.20. The van der Waals surface area contributed by atoms with E-state index < -0.39 is 6.89 Å². The van der Waals surface area contributed by atoms with Gasteiger partial charge in [0.05, 0.1) is 22.8 Å². The van der Waals surface area contributed by atoms with Gasteiger partial charge in [-0.1, -0.05) is 53.7 Å². The molecule has 0 amide bonds. The van der Waals surface area contributed by atoms with E-state index in [0.29, 0.717) is 0 Å². The van der Waals surface area contributed by atoms with E-state index in [1.165, 1.54) is 21.0 Å². The fourth-order valence-corrected chi connectivity index (χ4v) is 7.40. The summed E-state index contributed by atoms with van der Waals surface area (Å²) in [4.78, 5) is 5.09. The number of pyridine rings is 1. The lowest BCUT2D eigenvalue weighted by atomic mass is 10.1. The molecule has 6 rings (SSSR count). The fraction of sp³-hybridized carbons (Fsp3) is 0.231. The van der Waals surface area contributed by atoms with Gasteiger partial charge in [-0.25, -0.2) is 9.67 Å². The van der Waals surface area contributed by atoms with Crippen molar-refractivity contribution in [3.63, 3.8) is 0 Å². The lowest BCUT2D eigenvalue weighted by Gasteiger charge is -2.24. The van der Waals surface area contributed by atoms with Crippen LogP contribution in [0.3, 0.4) is 0 Å². The molecule has 0 aliphatic carbocycles. The molecule has 0 N–H and O–H groups in total. The van der Waals surface area contributed by atoms with Gasteiger partial charge in [0.2, 0.25) is 0 Å². The van der Waals surface area contributed by atoms with E-state index in [9.17, 15) is 0 Å². The van der Waals surface area contributed by atoms with Crippen molar-refractivity contribution < 1.29 is 4.74 Å². The van der Waals surface area contributed by atoms with E-state index in [1.54, 1.807) is 0 Å². The average molecular weight is 460 g/mol. The predicted molar refractivity (Wildman–Crippen MR) is 133 cm³/mol. The van der Waals surface area contributed by atoms with Crippen molar-refractivity contribution in [3.8, 4) is 22.6 Å². The van der Waals surface area contributed by atoms with Gasteiger partial charge < -0.3 is 4.74 Å². The first-order chi connectivity index (χ1) is 15.7. The molecule has 1 aliphatic heterocycles. The zero-order valence-corrected chi connectivity index (χ0v) is 19.5. The summed E-state index contributed by atoms with van der Waals surface area (Å²) >= 11 is 7.02. The summed E-state index contributed by atoms with van der Waals surface area (Å²) in [6.07, 6.45) is 3.23. The van der Waals surface area contributed by atoms with Gasteiger partial charge in [0.1, 0.15) is 0 Å². The highest BCUT2D eigenvalue weighted by Gasteiger charge is 2.22. The van der Waals surface area contributed by atoms with Gasteiger partial charge in [-0.3, -0.25) is 0 Å². The number of nitrogens with zero attached hydrogens (tertiary/aromatic N) is 3. The molecule has 2 aromatic carbocycles. The van der Waals surface area contributed by atoms with E-state index in [0.717, 1.165) is 54.2 Å². The Bertz CT molecular complexity index is 1450. The Kier molecular flexibility index (Phi) is 5.02. The maximum absolute atomic E-state index is 7.02. The Morgan fingerprint density at radius 1 is 0.969 bits per heavy atom. The van der Waals surface area contributed by atoms with Crippen LogP contribution < -0.4 is 0 Å². The lowest BCUT2D eigenvalue weighted by molar-refractivity contribution is -0.0385. The zero-order valence-electron chi connectivity index (χ0n) is 17.8. The summed E-state index contributed by atoms with van der Waals surface area (Å²) in [6, 6.07) is 23.2. The van der Waals surface area contributed by atoms with Crippen LogP contribution in [0.15, 0.2) is 66.7 Å². The van der Waals surface area contributed by atoms with Gasteiger partial charge in [0.15, 0.2) is 6.23 Å². The molecule has 0 bridgehead atoms. The maximum atomic E-state index is 7.02. The standard InChI is InChI=1S/C26H23ClN3OP/c1-17-16-23(30(29-17)25-14-4-5-15-31-25)22-12-7-11-21(28-22)20-10-6-9-19-18-8-2-3-13-24(18)32(27)26(19)20/h2-3,6-13,16,25H,4-5,14-15H2,1H3. The van der Waals surface area contributed by atoms with E-state index in [4.69, 9.17) is 26.1 Å². The van der Waals surface area contributed by atoms with Crippen LogP contribution in [-0.4, -0.2) is 21.4 Å². The molecular weight excluding hydrogens is 437 g/mol. The first kappa shape index (κ1) is 20.0. The molecule has 2 unspecified atom stereocenters. The van der Waals surface area contributed by atoms with Crippen LogP contribution in [0.25, 0.3) is 43.7 Å². The van der Waals surface area contributed by atoms with E-state index in [-0.39, 0.29) is 6.23 Å². The summed E-state index contributed by atoms with van der Waals surface area (Å²) in [5, 5.41) is 9.64. The number of halogens is 1. The van der Waals surface area contributed by atoms with Crippen molar-refractivity contribution in [2.75, 3.05) is 6.61 Å². The summed E-state index contributed by atoms with van der Waals surface area (Å²) in [5.74, 6) is 0. The highest BCUT2D eigenvalue weighted by molar-refractivity contribution is 7.86. The molecule has 0 radical (unpaired) electrons. The van der Waals surface area contributed by atoms with Crippen LogP contribution >= 0.6 is 18.1 Å². The molecule has 0 spiro atoms. The molecule has 3 aromatic heterocycles. The molecule has 1 saturated heterocycles. The first-order valence-electron chi connectivity index (χ1n) is 11.0. The largest absolute Gasteiger partial charge is 0.356 e. The van der Waals surface area contributed by atoms with Crippen LogP contribution in [0.1, 0.15) is 31.2 Å². The number of fused-ring (bicyclic) bond motifs is 3. The third kappa shape index (κ3) is 3.26. The van der Waals surface area contributed by atoms with Crippen molar-refractivity contribution in [1.82, 2.24) is 14.8 Å². The van der Waals surface area contributed by atoms with E-state index >= 15 is 0 Å². The van der Waals surface area contributed by atoms with Crippen molar-refractivity contribution in [2.24, 2.45) is 0 Å². The second-order valence-electron chi connectivity index (χ2n) is 8.34. The topological polar surface area (TPSA) is 39.9 Å². The van der Waals surface area contributed by atoms with Crippen LogP contribution in [0, 0.1) is 6.92 Å². The van der Waals surface area contributed by atoms with Crippen LogP contribution in [0.5, 0.6) is 0 Å². The third-order valence-electron chi connectivity index (χ3n) is 6.21. The number of benzene rings is 2. The van der Waals surface area contributed by atoms with Crippen molar-refractivity contribution in [2.45, 2.75) is 32.4 Å². The van der Waals surface area contributed by atoms with Crippen LogP contribution in [0.2, 0.25) is 0 Å². The Morgan fingerprint density at radius 3 is 2.66 bits per heavy atom. The molecule has 32 heavy (non-hydrogen) atoms. The van der Waals surface area contributed by atoms with E-state index in [2.05, 4.69) is 66.7 Å². The Labute approximate surface area is 192 Å². The van der Waals surface area contributed by atoms with Gasteiger partial charge in [-0.2, -0.15) is 5.10 Å². The summed E-state index contributed by atoms with van der Waals surface area (Å²) < 4.78 is 8.04. The minimum absolute atomic E-state index is 0.0240. The number of rotatable bonds is 3. The SMILES string of the molecule is Cc1cc(-c2cccc(-c3cccc4c5ccccc5p(Cl)c34)n2)n(C2CCCCO2)n1. The molecule has 2 atom stereocenters. The Hall–Kier alpha value is -2.65. The zero-order chi connectivity index (χ0) is 21.7. The quantitative estimate of drug-likeness (QED) is 0.275. The third-order valence-corrected chi connectivity index (χ3v) is 8.95. The summed E-state index contributed by atoms with van der Waals surface area (Å²) in [7, 11) is 0. The van der Waals surface area contributed by atoms with Gasteiger partial charge in [0.25, 0.3) is 0 Å². The molecular formula is C26H23ClN3OP. The van der Waals surface area contributed by atoms with Gasteiger partial charge in [0, 0.05) is 22.4 Å². The normalized spacial score (nSPS) is 17.3. The maximum Gasteiger partial charge on any atom is 0.150 e. The van der Waals surface area contributed by atoms with Crippen molar-refractivity contribution in [3.05, 3.63) is 72.4 Å². The highest BCUT2D eigenvalue weighted by Crippen LogP contribution is 2.54. The first-order valence-corrected chi connectivity index (χ1v) is 13.3. The number of hydrogen-bond acceptors (Lipinski definition) is 3. The van der Waals surface area contributed by atoms with Gasteiger partial charge in [-0.05, 0) is 68.1 Å². The molecule has 1 aliphatic rings. The minimum atomic E-state index is -0.923. The van der Waals surface area contributed by atoms with Gasteiger partial charge in [-0.15, -0.1) is 0 Å². The van der Waals surface area contributed by atoms with Crippen molar-refractivity contribution in [1.29, 1.82) is 0 Å². The molecule has 4 heterocycles. The second kappa shape index (κ2) is 8.04. The molecule has 5 aromatic rings. The Morgan fingerprint density at radius 2 is 1.78 bits per heavy atom. The number of aryl methyl sites for hydroxylation is 1. The monoisotopic (exact) mass is 459 g/mol. The summed E-state index contributed by atoms with van der Waals surface area (Å²) in [5.41, 5.74) is 4.93. The van der Waals surface area contributed by atoms with Gasteiger partial charge >= 0.3 is 0 Å². The molecule has 6 heteroatoms. The smallest absolute Gasteiger partial charge is 0.150 e. The second-order valence-corrected chi connectivity index (χ2v) is 10.8. The number of aromatic nitrogens is 3. The molecule has 4 nitrogen and oxygen atoms in total.